The first kappa shape index (κ1) is 13.6. The summed E-state index contributed by atoms with van der Waals surface area (Å²) in [4.78, 5) is 10.7. The monoisotopic (exact) mass is 301 g/mol. The second-order valence-corrected chi connectivity index (χ2v) is 5.86. The van der Waals surface area contributed by atoms with Crippen LogP contribution in [0.25, 0.3) is 10.2 Å². The number of nitrogens with zero attached hydrogens (tertiary/aromatic N) is 2. The van der Waals surface area contributed by atoms with Crippen LogP contribution in [0.1, 0.15) is 10.4 Å². The van der Waals surface area contributed by atoms with Crippen LogP contribution in [-0.4, -0.2) is 17.1 Å². The van der Waals surface area contributed by atoms with Crippen molar-refractivity contribution < 1.29 is 9.47 Å². The minimum atomic E-state index is 0.532. The third kappa shape index (κ3) is 2.38. The molecule has 21 heavy (non-hydrogen) atoms. The molecule has 6 heteroatoms. The molecule has 5 nitrogen and oxygen atoms in total. The average Bonchev–Trinajstić information content (AvgIpc) is 2.77. The Balaban J connectivity index is 2.10. The lowest BCUT2D eigenvalue weighted by Crippen LogP contribution is -1.95. The molecule has 0 saturated carbocycles. The van der Waals surface area contributed by atoms with Gasteiger partial charge >= 0.3 is 0 Å². The lowest BCUT2D eigenvalue weighted by molar-refractivity contribution is 0.376. The Hall–Kier alpha value is -2.34. The number of fused-ring (bicyclic) bond motifs is 1. The van der Waals surface area contributed by atoms with Gasteiger partial charge in [0.1, 0.15) is 11.2 Å². The summed E-state index contributed by atoms with van der Waals surface area (Å²) in [6.07, 6.45) is 1.51. The van der Waals surface area contributed by atoms with Crippen LogP contribution in [0, 0.1) is 13.8 Å². The number of ether oxygens (including phenoxy) is 2. The van der Waals surface area contributed by atoms with Gasteiger partial charge in [-0.05, 0) is 31.5 Å². The summed E-state index contributed by atoms with van der Waals surface area (Å²) in [5, 5.41) is 0.943. The summed E-state index contributed by atoms with van der Waals surface area (Å²) in [6.45, 7) is 4.11. The van der Waals surface area contributed by atoms with Gasteiger partial charge in [-0.15, -0.1) is 11.3 Å². The minimum absolute atomic E-state index is 0.532. The molecule has 0 atom stereocenters. The third-order valence-corrected chi connectivity index (χ3v) is 4.44. The van der Waals surface area contributed by atoms with E-state index in [4.69, 9.17) is 15.2 Å². The number of rotatable bonds is 3. The first-order valence-corrected chi connectivity index (χ1v) is 7.24. The Bertz CT molecular complexity index is 814. The number of aryl methyl sites for hydroxylation is 2. The van der Waals surface area contributed by atoms with E-state index in [1.807, 2.05) is 6.92 Å². The van der Waals surface area contributed by atoms with Gasteiger partial charge in [-0.2, -0.15) is 0 Å². The summed E-state index contributed by atoms with van der Waals surface area (Å²) in [7, 11) is 1.58. The maximum atomic E-state index is 5.94. The van der Waals surface area contributed by atoms with Gasteiger partial charge in [-0.3, -0.25) is 0 Å². The van der Waals surface area contributed by atoms with Crippen molar-refractivity contribution in [1.82, 2.24) is 9.97 Å². The van der Waals surface area contributed by atoms with Gasteiger partial charge in [-0.1, -0.05) is 0 Å². The van der Waals surface area contributed by atoms with Crippen molar-refractivity contribution in [2.45, 2.75) is 13.8 Å². The molecule has 1 aromatic carbocycles. The molecule has 3 rings (SSSR count). The smallest absolute Gasteiger partial charge is 0.231 e. The van der Waals surface area contributed by atoms with Gasteiger partial charge in [0.25, 0.3) is 0 Å². The van der Waals surface area contributed by atoms with Crippen molar-refractivity contribution in [2.75, 3.05) is 12.8 Å². The van der Waals surface area contributed by atoms with E-state index in [-0.39, 0.29) is 0 Å². The van der Waals surface area contributed by atoms with E-state index in [1.54, 1.807) is 36.6 Å². The van der Waals surface area contributed by atoms with E-state index in [2.05, 4.69) is 16.9 Å². The number of thiophene rings is 1. The zero-order chi connectivity index (χ0) is 15.0. The molecule has 0 saturated heterocycles. The number of methoxy groups -OCH3 is 1. The topological polar surface area (TPSA) is 70.3 Å². The number of benzene rings is 1. The predicted octanol–water partition coefficient (Wildman–Crippen LogP) is 3.69. The summed E-state index contributed by atoms with van der Waals surface area (Å²) in [5.41, 5.74) is 7.51. The van der Waals surface area contributed by atoms with E-state index in [0.29, 0.717) is 23.1 Å². The maximum absolute atomic E-state index is 5.94. The minimum Gasteiger partial charge on any atom is -0.493 e. The summed E-state index contributed by atoms with van der Waals surface area (Å²) < 4.78 is 11.2. The van der Waals surface area contributed by atoms with Crippen LogP contribution < -0.4 is 15.2 Å². The van der Waals surface area contributed by atoms with Crippen molar-refractivity contribution in [1.29, 1.82) is 0 Å². The second-order valence-electron chi connectivity index (χ2n) is 4.65. The molecule has 0 amide bonds. The molecule has 0 aliphatic heterocycles. The standard InChI is InChI=1S/C15H15N3O2S/c1-8-9(2)21-15-13(8)14(17-7-18-15)20-11-5-4-10(16)6-12(11)19-3/h4-7H,16H2,1-3H3. The molecule has 0 aliphatic carbocycles. The highest BCUT2D eigenvalue weighted by molar-refractivity contribution is 7.18. The first-order valence-electron chi connectivity index (χ1n) is 6.42. The largest absolute Gasteiger partial charge is 0.493 e. The molecule has 0 aliphatic rings. The second kappa shape index (κ2) is 5.21. The number of hydrogen-bond donors (Lipinski definition) is 1. The van der Waals surface area contributed by atoms with Crippen LogP contribution >= 0.6 is 11.3 Å². The molecule has 0 bridgehead atoms. The van der Waals surface area contributed by atoms with Crippen molar-refractivity contribution in [3.8, 4) is 17.4 Å². The number of aromatic nitrogens is 2. The highest BCUT2D eigenvalue weighted by atomic mass is 32.1. The Morgan fingerprint density at radius 1 is 1.14 bits per heavy atom. The van der Waals surface area contributed by atoms with Crippen LogP contribution in [0.5, 0.6) is 17.4 Å². The molecular weight excluding hydrogens is 286 g/mol. The van der Waals surface area contributed by atoms with Gasteiger partial charge in [0.2, 0.25) is 5.88 Å². The molecular formula is C15H15N3O2S. The van der Waals surface area contributed by atoms with Crippen LogP contribution in [0.4, 0.5) is 5.69 Å². The molecule has 0 unspecified atom stereocenters. The number of nitrogen functional groups attached to an aromatic ring is 1. The van der Waals surface area contributed by atoms with Gasteiger partial charge < -0.3 is 15.2 Å². The van der Waals surface area contributed by atoms with E-state index in [0.717, 1.165) is 15.8 Å². The predicted molar refractivity (Wildman–Crippen MR) is 84.4 cm³/mol. The highest BCUT2D eigenvalue weighted by Crippen LogP contribution is 2.38. The fourth-order valence-corrected chi connectivity index (χ4v) is 3.09. The van der Waals surface area contributed by atoms with Gasteiger partial charge in [0.15, 0.2) is 11.5 Å². The molecule has 2 N–H and O–H groups in total. The average molecular weight is 301 g/mol. The van der Waals surface area contributed by atoms with Crippen LogP contribution in [0.15, 0.2) is 24.5 Å². The first-order chi connectivity index (χ1) is 10.1. The number of anilines is 1. The zero-order valence-corrected chi connectivity index (χ0v) is 12.8. The Kier molecular flexibility index (Phi) is 3.39. The van der Waals surface area contributed by atoms with Gasteiger partial charge in [0.05, 0.1) is 12.5 Å². The highest BCUT2D eigenvalue weighted by Gasteiger charge is 2.15. The van der Waals surface area contributed by atoms with Crippen molar-refractivity contribution in [3.63, 3.8) is 0 Å². The van der Waals surface area contributed by atoms with Crippen molar-refractivity contribution in [3.05, 3.63) is 35.0 Å². The maximum Gasteiger partial charge on any atom is 0.231 e. The SMILES string of the molecule is COc1cc(N)ccc1Oc1ncnc2sc(C)c(C)c12. The van der Waals surface area contributed by atoms with Gasteiger partial charge in [0, 0.05) is 16.6 Å². The Morgan fingerprint density at radius 3 is 2.71 bits per heavy atom. The fraction of sp³-hybridized carbons (Fsp3) is 0.200. The lowest BCUT2D eigenvalue weighted by Gasteiger charge is -2.11. The van der Waals surface area contributed by atoms with E-state index in [1.165, 1.54) is 11.2 Å². The molecule has 108 valence electrons. The summed E-state index contributed by atoms with van der Waals surface area (Å²) in [5.74, 6) is 1.69. The summed E-state index contributed by atoms with van der Waals surface area (Å²) in [6, 6.07) is 5.26. The van der Waals surface area contributed by atoms with E-state index < -0.39 is 0 Å². The van der Waals surface area contributed by atoms with Crippen LogP contribution in [-0.2, 0) is 0 Å². The zero-order valence-electron chi connectivity index (χ0n) is 12.0. The molecule has 0 fully saturated rings. The fourth-order valence-electron chi connectivity index (χ4n) is 2.10. The van der Waals surface area contributed by atoms with Crippen molar-refractivity contribution in [2.24, 2.45) is 0 Å². The Morgan fingerprint density at radius 2 is 1.95 bits per heavy atom. The number of hydrogen-bond acceptors (Lipinski definition) is 6. The van der Waals surface area contributed by atoms with Crippen LogP contribution in [0.2, 0.25) is 0 Å². The van der Waals surface area contributed by atoms with E-state index >= 15 is 0 Å². The van der Waals surface area contributed by atoms with Crippen molar-refractivity contribution >= 4 is 27.2 Å². The van der Waals surface area contributed by atoms with E-state index in [9.17, 15) is 0 Å². The van der Waals surface area contributed by atoms with Gasteiger partial charge in [-0.25, -0.2) is 9.97 Å². The molecule has 0 radical (unpaired) electrons. The normalized spacial score (nSPS) is 10.8. The quantitative estimate of drug-likeness (QED) is 0.747. The molecule has 2 heterocycles. The molecule has 3 aromatic rings. The lowest BCUT2D eigenvalue weighted by atomic mass is 10.2. The molecule has 0 spiro atoms. The Labute approximate surface area is 126 Å². The third-order valence-electron chi connectivity index (χ3n) is 3.32. The molecule has 2 aromatic heterocycles. The number of nitrogens with two attached hydrogens (primary N) is 1. The summed E-state index contributed by atoms with van der Waals surface area (Å²) >= 11 is 1.63. The van der Waals surface area contributed by atoms with Crippen LogP contribution in [0.3, 0.4) is 0 Å².